The van der Waals surface area contributed by atoms with Crippen molar-refractivity contribution in [3.63, 3.8) is 0 Å². The van der Waals surface area contributed by atoms with Crippen LogP contribution in [0.15, 0.2) is 53.4 Å². The van der Waals surface area contributed by atoms with Crippen LogP contribution in [0.4, 0.5) is 0 Å². The highest BCUT2D eigenvalue weighted by Gasteiger charge is 2.28. The molecular weight excluding hydrogens is 354 g/mol. The second-order valence-corrected chi connectivity index (χ2v) is 7.85. The van der Waals surface area contributed by atoms with Gasteiger partial charge < -0.3 is 9.47 Å². The molecule has 0 aliphatic heterocycles. The first-order valence-electron chi connectivity index (χ1n) is 8.55. The van der Waals surface area contributed by atoms with E-state index in [1.165, 1.54) is 24.3 Å². The molecule has 7 heteroatoms. The molecule has 0 atom stereocenters. The summed E-state index contributed by atoms with van der Waals surface area (Å²) in [5.74, 6) is 0.449. The molecule has 0 spiro atoms. The van der Waals surface area contributed by atoms with Gasteiger partial charge in [0.05, 0.1) is 17.1 Å². The maximum absolute atomic E-state index is 12.3. The minimum absolute atomic E-state index is 0.00375. The topological polar surface area (TPSA) is 81.7 Å². The Bertz CT molecular complexity index is 873. The SMILES string of the molecule is CCCOc1ccc(OC(=O)c2cccc(S(=O)(=O)NC3CC3)c2)cc1. The lowest BCUT2D eigenvalue weighted by Gasteiger charge is -2.09. The van der Waals surface area contributed by atoms with Gasteiger partial charge in [-0.2, -0.15) is 0 Å². The van der Waals surface area contributed by atoms with E-state index in [0.29, 0.717) is 18.1 Å². The van der Waals surface area contributed by atoms with E-state index in [1.54, 1.807) is 24.3 Å². The molecule has 0 aromatic heterocycles. The second-order valence-electron chi connectivity index (χ2n) is 6.13. The van der Waals surface area contributed by atoms with Crippen LogP contribution in [0.1, 0.15) is 36.5 Å². The lowest BCUT2D eigenvalue weighted by atomic mass is 10.2. The molecule has 0 saturated heterocycles. The maximum Gasteiger partial charge on any atom is 0.343 e. The standard InChI is InChI=1S/C19H21NO5S/c1-2-12-24-16-8-10-17(11-9-16)25-19(21)14-4-3-5-18(13-14)26(22,23)20-15-6-7-15/h3-5,8-11,13,15,20H,2,6-7,12H2,1H3. The van der Waals surface area contributed by atoms with Crippen molar-refractivity contribution in [2.24, 2.45) is 0 Å². The van der Waals surface area contributed by atoms with Gasteiger partial charge in [-0.15, -0.1) is 0 Å². The van der Waals surface area contributed by atoms with Crippen LogP contribution in [-0.2, 0) is 10.0 Å². The number of hydrogen-bond acceptors (Lipinski definition) is 5. The summed E-state index contributed by atoms with van der Waals surface area (Å²) in [5, 5.41) is 0. The van der Waals surface area contributed by atoms with Gasteiger partial charge in [0.25, 0.3) is 0 Å². The highest BCUT2D eigenvalue weighted by molar-refractivity contribution is 7.89. The lowest BCUT2D eigenvalue weighted by molar-refractivity contribution is 0.0734. The van der Waals surface area contributed by atoms with Crippen molar-refractivity contribution in [2.45, 2.75) is 37.1 Å². The Balaban J connectivity index is 1.68. The number of nitrogens with one attached hydrogen (secondary N) is 1. The van der Waals surface area contributed by atoms with E-state index in [9.17, 15) is 13.2 Å². The monoisotopic (exact) mass is 375 g/mol. The van der Waals surface area contributed by atoms with E-state index in [1.807, 2.05) is 6.92 Å². The van der Waals surface area contributed by atoms with Gasteiger partial charge in [-0.05, 0) is 61.7 Å². The van der Waals surface area contributed by atoms with Crippen LogP contribution in [0, 0.1) is 0 Å². The van der Waals surface area contributed by atoms with Crippen molar-refractivity contribution in [3.8, 4) is 11.5 Å². The van der Waals surface area contributed by atoms with Crippen LogP contribution < -0.4 is 14.2 Å². The van der Waals surface area contributed by atoms with Crippen LogP contribution in [0.2, 0.25) is 0 Å². The normalized spacial score (nSPS) is 14.0. The fourth-order valence-electron chi connectivity index (χ4n) is 2.27. The summed E-state index contributed by atoms with van der Waals surface area (Å²) in [4.78, 5) is 12.4. The van der Waals surface area contributed by atoms with Gasteiger partial charge in [-0.1, -0.05) is 13.0 Å². The minimum Gasteiger partial charge on any atom is -0.494 e. The van der Waals surface area contributed by atoms with Crippen LogP contribution in [0.5, 0.6) is 11.5 Å². The van der Waals surface area contributed by atoms with Crippen LogP contribution >= 0.6 is 0 Å². The number of rotatable bonds is 8. The number of esters is 1. The Labute approximate surface area is 153 Å². The van der Waals surface area contributed by atoms with Crippen molar-refractivity contribution in [1.29, 1.82) is 0 Å². The Kier molecular flexibility index (Phi) is 5.58. The molecule has 1 fully saturated rings. The summed E-state index contributed by atoms with van der Waals surface area (Å²) in [6.07, 6.45) is 2.60. The Hall–Kier alpha value is -2.38. The summed E-state index contributed by atoms with van der Waals surface area (Å²) >= 11 is 0. The van der Waals surface area contributed by atoms with Gasteiger partial charge >= 0.3 is 5.97 Å². The zero-order valence-electron chi connectivity index (χ0n) is 14.5. The average molecular weight is 375 g/mol. The molecule has 0 amide bonds. The first kappa shape index (κ1) is 18.4. The van der Waals surface area contributed by atoms with Gasteiger partial charge in [0.15, 0.2) is 0 Å². The van der Waals surface area contributed by atoms with Crippen LogP contribution in [-0.4, -0.2) is 27.0 Å². The van der Waals surface area contributed by atoms with E-state index in [-0.39, 0.29) is 16.5 Å². The van der Waals surface area contributed by atoms with Crippen molar-refractivity contribution in [3.05, 3.63) is 54.1 Å². The minimum atomic E-state index is -3.61. The molecule has 138 valence electrons. The molecule has 1 aliphatic rings. The summed E-state index contributed by atoms with van der Waals surface area (Å²) in [7, 11) is -3.61. The molecule has 2 aromatic carbocycles. The number of carbonyl (C=O) groups is 1. The van der Waals surface area contributed by atoms with Crippen molar-refractivity contribution < 1.29 is 22.7 Å². The summed E-state index contributed by atoms with van der Waals surface area (Å²) in [5.41, 5.74) is 0.176. The Morgan fingerprint density at radius 1 is 1.12 bits per heavy atom. The average Bonchev–Trinajstić information content (AvgIpc) is 3.44. The molecule has 6 nitrogen and oxygen atoms in total. The third kappa shape index (κ3) is 4.83. The zero-order chi connectivity index (χ0) is 18.6. The third-order valence-corrected chi connectivity index (χ3v) is 5.30. The molecule has 1 N–H and O–H groups in total. The molecule has 1 saturated carbocycles. The summed E-state index contributed by atoms with van der Waals surface area (Å²) in [6, 6.07) is 12.6. The van der Waals surface area contributed by atoms with E-state index < -0.39 is 16.0 Å². The summed E-state index contributed by atoms with van der Waals surface area (Å²) in [6.45, 7) is 2.64. The largest absolute Gasteiger partial charge is 0.494 e. The molecule has 3 rings (SSSR count). The zero-order valence-corrected chi connectivity index (χ0v) is 15.3. The van der Waals surface area contributed by atoms with E-state index in [2.05, 4.69) is 4.72 Å². The molecule has 0 unspecified atom stereocenters. The third-order valence-electron chi connectivity index (χ3n) is 3.79. The smallest absolute Gasteiger partial charge is 0.343 e. The predicted octanol–water partition coefficient (Wildman–Crippen LogP) is 3.14. The Morgan fingerprint density at radius 3 is 2.46 bits per heavy atom. The number of carbonyl (C=O) groups excluding carboxylic acids is 1. The number of sulfonamides is 1. The quantitative estimate of drug-likeness (QED) is 0.566. The summed E-state index contributed by atoms with van der Waals surface area (Å²) < 4.78 is 37.9. The fourth-order valence-corrected chi connectivity index (χ4v) is 3.62. The first-order chi connectivity index (χ1) is 12.5. The molecular formula is C19H21NO5S. The predicted molar refractivity (Wildman–Crippen MR) is 97.0 cm³/mol. The maximum atomic E-state index is 12.3. The molecule has 0 radical (unpaired) electrons. The van der Waals surface area contributed by atoms with Gasteiger partial charge in [0.2, 0.25) is 10.0 Å². The molecule has 0 heterocycles. The first-order valence-corrected chi connectivity index (χ1v) is 10.0. The van der Waals surface area contributed by atoms with Gasteiger partial charge in [0, 0.05) is 6.04 Å². The highest BCUT2D eigenvalue weighted by Crippen LogP contribution is 2.23. The van der Waals surface area contributed by atoms with Gasteiger partial charge in [-0.25, -0.2) is 17.9 Å². The molecule has 26 heavy (non-hydrogen) atoms. The molecule has 2 aromatic rings. The number of hydrogen-bond donors (Lipinski definition) is 1. The van der Waals surface area contributed by atoms with E-state index in [4.69, 9.17) is 9.47 Å². The van der Waals surface area contributed by atoms with Gasteiger partial charge in [-0.3, -0.25) is 0 Å². The fraction of sp³-hybridized carbons (Fsp3) is 0.316. The Morgan fingerprint density at radius 2 is 1.81 bits per heavy atom. The van der Waals surface area contributed by atoms with Crippen molar-refractivity contribution >= 4 is 16.0 Å². The van der Waals surface area contributed by atoms with Crippen molar-refractivity contribution in [2.75, 3.05) is 6.61 Å². The van der Waals surface area contributed by atoms with Crippen molar-refractivity contribution in [1.82, 2.24) is 4.72 Å². The molecule has 0 bridgehead atoms. The van der Waals surface area contributed by atoms with Crippen LogP contribution in [0.3, 0.4) is 0 Å². The lowest BCUT2D eigenvalue weighted by Crippen LogP contribution is -2.26. The molecule has 1 aliphatic carbocycles. The number of benzene rings is 2. The van der Waals surface area contributed by atoms with E-state index >= 15 is 0 Å². The van der Waals surface area contributed by atoms with Gasteiger partial charge in [0.1, 0.15) is 11.5 Å². The second kappa shape index (κ2) is 7.88. The number of ether oxygens (including phenoxy) is 2. The van der Waals surface area contributed by atoms with E-state index in [0.717, 1.165) is 19.3 Å². The highest BCUT2D eigenvalue weighted by atomic mass is 32.2. The van der Waals surface area contributed by atoms with Crippen LogP contribution in [0.25, 0.3) is 0 Å².